The van der Waals surface area contributed by atoms with E-state index in [0.29, 0.717) is 0 Å². The fourth-order valence-electron chi connectivity index (χ4n) is 14.4. The summed E-state index contributed by atoms with van der Waals surface area (Å²) >= 11 is 7.08. The lowest BCUT2D eigenvalue weighted by molar-refractivity contribution is -0.142. The molecule has 0 saturated carbocycles. The van der Waals surface area contributed by atoms with Crippen molar-refractivity contribution in [3.05, 3.63) is 0 Å². The van der Waals surface area contributed by atoms with E-state index in [9.17, 15) is 38.4 Å². The molecule has 12 atom stereocenters. The first-order valence-corrected chi connectivity index (χ1v) is 38.3. The van der Waals surface area contributed by atoms with Gasteiger partial charge in [-0.3, -0.25) is 38.4 Å². The molecule has 8 amide bonds. The molecule has 8 N–H and O–H groups in total. The number of nitrogens with one attached hydrogen (secondary N) is 8. The normalized spacial score (nSPS) is 30.5. The minimum atomic E-state index is -0.401. The molecule has 8 aliphatic rings. The molecule has 8 rings (SSSR count). The molecule has 0 radical (unpaired) electrons. The van der Waals surface area contributed by atoms with Crippen molar-refractivity contribution >= 4 is 94.3 Å². The van der Waals surface area contributed by atoms with Crippen LogP contribution in [-0.4, -0.2) is 204 Å². The SMILES string of the molecule is CC(C)NC(=O)[C@H]1N2C(=O)[C@@H](NC(C)C)CCC[C@@H]2SC1(C)C.CC(C)NC(=O)[C@H]1N2C(=O)[C@@H](NC(C)C)CCC[C@H]2SC1(C)C.CC(C)NC(=O)[C@H]1N2C(=O)[C@H](NC(C)C)CCC[C@@H]2SC1(C)C.CC(C)NC(=O)[C@H]1N2C(=O)[C@H](NC(C)C)CCC[C@H]2SC1(C)C. The highest BCUT2D eigenvalue weighted by atomic mass is 32.2. The van der Waals surface area contributed by atoms with E-state index < -0.39 is 24.2 Å². The minimum Gasteiger partial charge on any atom is -0.352 e. The van der Waals surface area contributed by atoms with Crippen LogP contribution < -0.4 is 42.5 Å². The van der Waals surface area contributed by atoms with Gasteiger partial charge in [-0.05, 0) is 188 Å². The van der Waals surface area contributed by atoms with Crippen molar-refractivity contribution in [2.24, 2.45) is 0 Å². The first-order valence-electron chi connectivity index (χ1n) is 34.8. The van der Waals surface area contributed by atoms with Gasteiger partial charge in [0.25, 0.3) is 0 Å². The van der Waals surface area contributed by atoms with Crippen LogP contribution in [0.5, 0.6) is 0 Å². The van der Waals surface area contributed by atoms with Crippen LogP contribution in [0.3, 0.4) is 0 Å². The predicted octanol–water partition coefficient (Wildman–Crippen LogP) is 8.44. The molecular formula is C68H124N12O8S4. The number of thioether (sulfide) groups is 4. The van der Waals surface area contributed by atoms with E-state index in [0.717, 1.165) is 77.0 Å². The molecule has 0 bridgehead atoms. The summed E-state index contributed by atoms with van der Waals surface area (Å²) in [6, 6.07) is -0.976. The predicted molar refractivity (Wildman–Crippen MR) is 381 cm³/mol. The van der Waals surface area contributed by atoms with Crippen molar-refractivity contribution in [3.63, 3.8) is 0 Å². The summed E-state index contributed by atoms with van der Waals surface area (Å²) in [4.78, 5) is 111. The Bertz CT molecular complexity index is 2200. The molecule has 0 unspecified atom stereocenters. The van der Waals surface area contributed by atoms with Crippen molar-refractivity contribution in [1.82, 2.24) is 62.1 Å². The van der Waals surface area contributed by atoms with Gasteiger partial charge in [0.2, 0.25) is 47.3 Å². The molecule has 8 heterocycles. The Balaban J connectivity index is 0.000000223. The van der Waals surface area contributed by atoms with Crippen molar-refractivity contribution in [3.8, 4) is 0 Å². The lowest BCUT2D eigenvalue weighted by Gasteiger charge is -2.34. The Hall–Kier alpha value is -3.00. The number of fused-ring (bicyclic) bond motifs is 4. The van der Waals surface area contributed by atoms with Gasteiger partial charge in [-0.2, -0.15) is 0 Å². The minimum absolute atomic E-state index is 0.0291. The number of amides is 8. The molecule has 0 aromatic carbocycles. The molecular weight excluding hydrogens is 1240 g/mol. The Morgan fingerprint density at radius 3 is 0.609 bits per heavy atom. The number of carbonyl (C=O) groups is 8. The molecule has 8 fully saturated rings. The summed E-state index contributed by atoms with van der Waals surface area (Å²) < 4.78 is -1.06. The number of rotatable bonds is 16. The third kappa shape index (κ3) is 20.5. The topological polar surface area (TPSA) is 246 Å². The zero-order valence-electron chi connectivity index (χ0n) is 60.7. The fraction of sp³-hybridized carbons (Fsp3) is 0.882. The van der Waals surface area contributed by atoms with Crippen molar-refractivity contribution in [2.45, 2.75) is 380 Å². The lowest BCUT2D eigenvalue weighted by atomic mass is 9.99. The maximum absolute atomic E-state index is 13.1. The van der Waals surface area contributed by atoms with Gasteiger partial charge in [0.15, 0.2) is 0 Å². The van der Waals surface area contributed by atoms with Gasteiger partial charge < -0.3 is 62.1 Å². The van der Waals surface area contributed by atoms with Gasteiger partial charge >= 0.3 is 0 Å². The number of hydrogen-bond donors (Lipinski definition) is 8. The van der Waals surface area contributed by atoms with E-state index in [1.807, 2.05) is 75.0 Å². The van der Waals surface area contributed by atoms with E-state index in [2.05, 4.69) is 153 Å². The quantitative estimate of drug-likeness (QED) is 0.0723. The Morgan fingerprint density at radius 2 is 0.467 bits per heavy atom. The average Bonchev–Trinajstić information content (AvgIpc) is 1.64. The molecule has 20 nitrogen and oxygen atoms in total. The molecule has 0 aromatic rings. The molecule has 528 valence electrons. The van der Waals surface area contributed by atoms with Gasteiger partial charge in [0.1, 0.15) is 24.2 Å². The molecule has 8 saturated heterocycles. The maximum atomic E-state index is 13.1. The third-order valence-electron chi connectivity index (χ3n) is 17.6. The van der Waals surface area contributed by atoms with Crippen LogP contribution in [0.2, 0.25) is 0 Å². The van der Waals surface area contributed by atoms with Crippen LogP contribution >= 0.6 is 47.0 Å². The van der Waals surface area contributed by atoms with E-state index in [1.54, 1.807) is 47.0 Å². The van der Waals surface area contributed by atoms with E-state index in [1.165, 1.54) is 0 Å². The smallest absolute Gasteiger partial charge is 0.244 e. The van der Waals surface area contributed by atoms with Crippen LogP contribution in [0, 0.1) is 0 Å². The summed E-state index contributed by atoms with van der Waals surface area (Å²) in [6.45, 7) is 48.7. The monoisotopic (exact) mass is 1360 g/mol. The van der Waals surface area contributed by atoms with Crippen molar-refractivity contribution < 1.29 is 38.4 Å². The van der Waals surface area contributed by atoms with Crippen LogP contribution in [-0.2, 0) is 38.4 Å². The molecule has 8 aliphatic heterocycles. The summed E-state index contributed by atoms with van der Waals surface area (Å²) in [7, 11) is 0. The summed E-state index contributed by atoms with van der Waals surface area (Å²) in [5.74, 6) is 0.229. The number of nitrogens with zero attached hydrogens (tertiary/aromatic N) is 4. The molecule has 92 heavy (non-hydrogen) atoms. The zero-order chi connectivity index (χ0) is 69.4. The molecule has 24 heteroatoms. The largest absolute Gasteiger partial charge is 0.352 e. The number of hydrogen-bond acceptors (Lipinski definition) is 16. The Kier molecular flexibility index (Phi) is 29.0. The van der Waals surface area contributed by atoms with Crippen LogP contribution in [0.4, 0.5) is 0 Å². The zero-order valence-corrected chi connectivity index (χ0v) is 64.0. The molecule has 0 aliphatic carbocycles. The van der Waals surface area contributed by atoms with Crippen LogP contribution in [0.1, 0.15) is 243 Å². The molecule has 0 aromatic heterocycles. The first-order chi connectivity index (χ1) is 42.5. The summed E-state index contributed by atoms with van der Waals surface area (Å²) in [5.41, 5.74) is 0. The average molecular weight is 1370 g/mol. The highest BCUT2D eigenvalue weighted by molar-refractivity contribution is 8.02. The van der Waals surface area contributed by atoms with E-state index in [-0.39, 0.29) is 160 Å². The molecule has 0 spiro atoms. The van der Waals surface area contributed by atoms with Gasteiger partial charge in [-0.15, -0.1) is 47.0 Å². The van der Waals surface area contributed by atoms with Gasteiger partial charge in [0, 0.05) is 67.3 Å². The highest BCUT2D eigenvalue weighted by Gasteiger charge is 2.59. The van der Waals surface area contributed by atoms with E-state index >= 15 is 0 Å². The number of carbonyl (C=O) groups excluding carboxylic acids is 8. The Labute approximate surface area is 571 Å². The van der Waals surface area contributed by atoms with E-state index in [4.69, 9.17) is 0 Å². The lowest BCUT2D eigenvalue weighted by Crippen LogP contribution is -2.58. The van der Waals surface area contributed by atoms with Crippen LogP contribution in [0.15, 0.2) is 0 Å². The second kappa shape index (κ2) is 33.5. The van der Waals surface area contributed by atoms with Crippen LogP contribution in [0.25, 0.3) is 0 Å². The van der Waals surface area contributed by atoms with Crippen molar-refractivity contribution in [1.29, 1.82) is 0 Å². The van der Waals surface area contributed by atoms with Crippen molar-refractivity contribution in [2.75, 3.05) is 0 Å². The van der Waals surface area contributed by atoms with Gasteiger partial charge in [-0.25, -0.2) is 0 Å². The standard InChI is InChI=1S/4C17H31N3O2S/c4*1-10(2)18-12-8-7-9-13-20(16(12)22)14(17(5,6)23-13)15(21)19-11(3)4/h4*10-14,18H,7-9H2,1-6H3,(H,19,21)/t12-,13+,14+;12-,13+,14-;12-,13-,14+;12-,13-,14-/m0101/s1. The van der Waals surface area contributed by atoms with Gasteiger partial charge in [-0.1, -0.05) is 55.4 Å². The summed E-state index contributed by atoms with van der Waals surface area (Å²) in [5, 5.41) is 26.0. The third-order valence-corrected chi connectivity index (χ3v) is 23.9. The van der Waals surface area contributed by atoms with Gasteiger partial charge in [0.05, 0.1) is 45.7 Å². The second-order valence-corrected chi connectivity index (χ2v) is 38.5. The maximum Gasteiger partial charge on any atom is 0.244 e. The fourth-order valence-corrected chi connectivity index (χ4v) is 21.1. The second-order valence-electron chi connectivity index (χ2n) is 31.2. The highest BCUT2D eigenvalue weighted by Crippen LogP contribution is 2.51. The summed E-state index contributed by atoms with van der Waals surface area (Å²) in [6.07, 6.45) is 11.3. The first kappa shape index (κ1) is 79.7. The Morgan fingerprint density at radius 1 is 0.304 bits per heavy atom.